The maximum absolute atomic E-state index is 13.3. The molecule has 4 rings (SSSR count). The van der Waals surface area contributed by atoms with Crippen LogP contribution in [0.3, 0.4) is 0 Å². The quantitative estimate of drug-likeness (QED) is 0.509. The van der Waals surface area contributed by atoms with Gasteiger partial charge >= 0.3 is 0 Å². The van der Waals surface area contributed by atoms with Crippen molar-refractivity contribution < 1.29 is 14.3 Å². The number of rotatable bonds is 6. The smallest absolute Gasteiger partial charge is 0.278 e. The van der Waals surface area contributed by atoms with E-state index in [9.17, 15) is 9.59 Å². The molecule has 31 heavy (non-hydrogen) atoms. The van der Waals surface area contributed by atoms with Crippen LogP contribution in [0.25, 0.3) is 5.57 Å². The Morgan fingerprint density at radius 2 is 1.55 bits per heavy atom. The Bertz CT molecular complexity index is 1180. The maximum atomic E-state index is 13.3. The molecule has 156 valence electrons. The topological polar surface area (TPSA) is 58.6 Å². The van der Waals surface area contributed by atoms with Crippen LogP contribution < -0.4 is 10.1 Å². The van der Waals surface area contributed by atoms with E-state index in [1.807, 2.05) is 18.2 Å². The predicted molar refractivity (Wildman–Crippen MR) is 122 cm³/mol. The molecule has 1 aliphatic heterocycles. The van der Waals surface area contributed by atoms with Gasteiger partial charge in [-0.15, -0.1) is 0 Å². The molecule has 1 N–H and O–H groups in total. The second kappa shape index (κ2) is 8.84. The summed E-state index contributed by atoms with van der Waals surface area (Å²) in [6, 6.07) is 21.1. The van der Waals surface area contributed by atoms with Crippen LogP contribution in [0.5, 0.6) is 5.75 Å². The number of nitrogens with zero attached hydrogens (tertiary/aromatic N) is 1. The number of anilines is 1. The van der Waals surface area contributed by atoms with Crippen molar-refractivity contribution in [1.82, 2.24) is 4.90 Å². The molecular weight excluding hydrogens is 435 g/mol. The highest BCUT2D eigenvalue weighted by atomic mass is 35.5. The lowest BCUT2D eigenvalue weighted by atomic mass is 10.0. The van der Waals surface area contributed by atoms with Gasteiger partial charge in [0.05, 0.1) is 24.9 Å². The summed E-state index contributed by atoms with van der Waals surface area (Å²) in [4.78, 5) is 27.9. The maximum Gasteiger partial charge on any atom is 0.278 e. The number of hydrogen-bond donors (Lipinski definition) is 1. The predicted octanol–water partition coefficient (Wildman–Crippen LogP) is 5.39. The minimum atomic E-state index is -0.430. The molecule has 0 radical (unpaired) electrons. The first-order valence-electron chi connectivity index (χ1n) is 9.49. The van der Waals surface area contributed by atoms with Crippen LogP contribution in [0, 0.1) is 0 Å². The van der Waals surface area contributed by atoms with Crippen molar-refractivity contribution in [3.8, 4) is 5.75 Å². The standard InChI is InChI=1S/C24H18Cl2N2O3/c1-31-20-12-11-18(26)13-19(20)27-22-21(16-5-3-2-4-6-16)23(29)28(24(22)30)14-15-7-9-17(25)10-8-15/h2-13,27H,14H2,1H3. The Balaban J connectivity index is 1.75. The molecule has 0 bridgehead atoms. The van der Waals surface area contributed by atoms with E-state index in [-0.39, 0.29) is 18.1 Å². The van der Waals surface area contributed by atoms with E-state index in [1.165, 1.54) is 12.0 Å². The van der Waals surface area contributed by atoms with Crippen molar-refractivity contribution >= 4 is 46.3 Å². The number of benzene rings is 3. The highest BCUT2D eigenvalue weighted by Crippen LogP contribution is 2.35. The van der Waals surface area contributed by atoms with Gasteiger partial charge in [-0.25, -0.2) is 0 Å². The summed E-state index contributed by atoms with van der Waals surface area (Å²) in [7, 11) is 1.52. The molecule has 0 saturated heterocycles. The summed E-state index contributed by atoms with van der Waals surface area (Å²) in [5.41, 5.74) is 2.39. The molecule has 7 heteroatoms. The van der Waals surface area contributed by atoms with E-state index in [1.54, 1.807) is 54.6 Å². The van der Waals surface area contributed by atoms with Crippen molar-refractivity contribution in [3.63, 3.8) is 0 Å². The van der Waals surface area contributed by atoms with Gasteiger partial charge in [-0.2, -0.15) is 0 Å². The van der Waals surface area contributed by atoms with Crippen LogP contribution in [0.4, 0.5) is 5.69 Å². The van der Waals surface area contributed by atoms with Gasteiger partial charge in [0.1, 0.15) is 11.4 Å². The molecule has 2 amide bonds. The van der Waals surface area contributed by atoms with E-state index >= 15 is 0 Å². The molecule has 3 aromatic rings. The molecule has 0 aliphatic carbocycles. The Morgan fingerprint density at radius 3 is 2.23 bits per heavy atom. The fraction of sp³-hybridized carbons (Fsp3) is 0.0833. The van der Waals surface area contributed by atoms with E-state index in [0.717, 1.165) is 5.56 Å². The minimum Gasteiger partial charge on any atom is -0.495 e. The Labute approximate surface area is 189 Å². The summed E-state index contributed by atoms with van der Waals surface area (Å²) >= 11 is 12.1. The molecule has 0 unspecified atom stereocenters. The fourth-order valence-corrected chi connectivity index (χ4v) is 3.69. The second-order valence-electron chi connectivity index (χ2n) is 6.91. The number of nitrogens with one attached hydrogen (secondary N) is 1. The first-order valence-corrected chi connectivity index (χ1v) is 10.2. The van der Waals surface area contributed by atoms with Gasteiger partial charge in [-0.1, -0.05) is 65.7 Å². The van der Waals surface area contributed by atoms with Gasteiger partial charge < -0.3 is 10.1 Å². The third-order valence-corrected chi connectivity index (χ3v) is 5.39. The molecular formula is C24H18Cl2N2O3. The zero-order chi connectivity index (χ0) is 22.0. The van der Waals surface area contributed by atoms with Crippen molar-refractivity contribution in [1.29, 1.82) is 0 Å². The zero-order valence-corrected chi connectivity index (χ0v) is 18.1. The van der Waals surface area contributed by atoms with Crippen LogP contribution in [-0.4, -0.2) is 23.8 Å². The lowest BCUT2D eigenvalue weighted by Gasteiger charge is -2.16. The molecule has 0 aromatic heterocycles. The number of halogens is 2. The average molecular weight is 453 g/mol. The molecule has 0 saturated carbocycles. The average Bonchev–Trinajstić information content (AvgIpc) is 3.00. The molecule has 5 nitrogen and oxygen atoms in total. The third-order valence-electron chi connectivity index (χ3n) is 4.91. The molecule has 0 atom stereocenters. The number of hydrogen-bond acceptors (Lipinski definition) is 4. The molecule has 0 spiro atoms. The third kappa shape index (κ3) is 4.29. The first-order chi connectivity index (χ1) is 15.0. The van der Waals surface area contributed by atoms with Crippen LogP contribution in [0.2, 0.25) is 10.0 Å². The molecule has 0 fully saturated rings. The number of imide groups is 1. The lowest BCUT2D eigenvalue weighted by molar-refractivity contribution is -0.137. The summed E-state index contributed by atoms with van der Waals surface area (Å²) < 4.78 is 5.38. The van der Waals surface area contributed by atoms with E-state index in [2.05, 4.69) is 5.32 Å². The van der Waals surface area contributed by atoms with E-state index < -0.39 is 5.91 Å². The highest BCUT2D eigenvalue weighted by molar-refractivity contribution is 6.36. The summed E-state index contributed by atoms with van der Waals surface area (Å²) in [6.07, 6.45) is 0. The van der Waals surface area contributed by atoms with Crippen LogP contribution in [0.15, 0.2) is 78.5 Å². The second-order valence-corrected chi connectivity index (χ2v) is 7.78. The van der Waals surface area contributed by atoms with Gasteiger partial charge in [0.25, 0.3) is 11.8 Å². The summed E-state index contributed by atoms with van der Waals surface area (Å²) in [5, 5.41) is 4.15. The number of carbonyl (C=O) groups excluding carboxylic acids is 2. The fourth-order valence-electron chi connectivity index (χ4n) is 3.39. The van der Waals surface area contributed by atoms with Crippen LogP contribution in [0.1, 0.15) is 11.1 Å². The van der Waals surface area contributed by atoms with Crippen molar-refractivity contribution in [3.05, 3.63) is 99.7 Å². The van der Waals surface area contributed by atoms with Gasteiger partial charge in [0.15, 0.2) is 0 Å². The van der Waals surface area contributed by atoms with Gasteiger partial charge in [-0.05, 0) is 41.5 Å². The van der Waals surface area contributed by atoms with Crippen molar-refractivity contribution in [2.45, 2.75) is 6.54 Å². The highest BCUT2D eigenvalue weighted by Gasteiger charge is 2.39. The summed E-state index contributed by atoms with van der Waals surface area (Å²) in [5.74, 6) is -0.309. The normalized spacial score (nSPS) is 13.7. The van der Waals surface area contributed by atoms with Crippen molar-refractivity contribution in [2.24, 2.45) is 0 Å². The largest absolute Gasteiger partial charge is 0.495 e. The number of methoxy groups -OCH3 is 1. The van der Waals surface area contributed by atoms with E-state index in [4.69, 9.17) is 27.9 Å². The summed E-state index contributed by atoms with van der Waals surface area (Å²) in [6.45, 7) is 0.128. The Hall–Kier alpha value is -3.28. The molecule has 3 aromatic carbocycles. The van der Waals surface area contributed by atoms with Gasteiger partial charge in [0, 0.05) is 10.0 Å². The monoisotopic (exact) mass is 452 g/mol. The first kappa shape index (κ1) is 21.0. The Morgan fingerprint density at radius 1 is 0.871 bits per heavy atom. The Kier molecular flexibility index (Phi) is 5.98. The molecule has 1 heterocycles. The van der Waals surface area contributed by atoms with Crippen LogP contribution in [-0.2, 0) is 16.1 Å². The van der Waals surface area contributed by atoms with Crippen LogP contribution >= 0.6 is 23.2 Å². The van der Waals surface area contributed by atoms with Crippen molar-refractivity contribution in [2.75, 3.05) is 12.4 Å². The zero-order valence-electron chi connectivity index (χ0n) is 16.6. The SMILES string of the molecule is COc1ccc(Cl)cc1NC1=C(c2ccccc2)C(=O)N(Cc2ccc(Cl)cc2)C1=O. The molecule has 1 aliphatic rings. The van der Waals surface area contributed by atoms with E-state index in [0.29, 0.717) is 32.6 Å². The number of ether oxygens (including phenoxy) is 1. The minimum absolute atomic E-state index is 0.128. The van der Waals surface area contributed by atoms with Gasteiger partial charge in [-0.3, -0.25) is 14.5 Å². The number of amides is 2. The van der Waals surface area contributed by atoms with Gasteiger partial charge in [0.2, 0.25) is 0 Å². The number of carbonyl (C=O) groups is 2. The lowest BCUT2D eigenvalue weighted by Crippen LogP contribution is -2.32.